The van der Waals surface area contributed by atoms with Gasteiger partial charge in [-0.3, -0.25) is 9.59 Å². The molecule has 2 atom stereocenters. The summed E-state index contributed by atoms with van der Waals surface area (Å²) in [7, 11) is 0. The molecule has 1 heterocycles. The molecule has 2 fully saturated rings. The molecule has 2 aliphatic rings. The summed E-state index contributed by atoms with van der Waals surface area (Å²) in [5.74, 6) is -1.22. The first kappa shape index (κ1) is 12.4. The Morgan fingerprint density at radius 3 is 2.71 bits per heavy atom. The maximum absolute atomic E-state index is 11.9. The lowest BCUT2D eigenvalue weighted by molar-refractivity contribution is -0.141. The Morgan fingerprint density at radius 1 is 1.47 bits per heavy atom. The lowest BCUT2D eigenvalue weighted by atomic mass is 9.92. The standard InChI is InChI=1S/C12H20N2O3/c1-8(11(16)17)7-14-10(15)9-6-12(9)2-4-13-5-3-12/h8-9,13H,2-7H2,1H3,(H,14,15)(H,16,17). The van der Waals surface area contributed by atoms with Crippen molar-refractivity contribution in [1.82, 2.24) is 10.6 Å². The smallest absolute Gasteiger partial charge is 0.308 e. The van der Waals surface area contributed by atoms with Crippen LogP contribution in [-0.2, 0) is 9.59 Å². The third-order valence-electron chi connectivity index (χ3n) is 4.11. The first-order valence-corrected chi connectivity index (χ1v) is 6.26. The fraction of sp³-hybridized carbons (Fsp3) is 0.833. The quantitative estimate of drug-likeness (QED) is 0.656. The Bertz CT molecular complexity index is 324. The molecule has 1 aliphatic carbocycles. The van der Waals surface area contributed by atoms with Crippen LogP contribution < -0.4 is 10.6 Å². The van der Waals surface area contributed by atoms with Crippen molar-refractivity contribution in [3.8, 4) is 0 Å². The van der Waals surface area contributed by atoms with Crippen LogP contribution in [-0.4, -0.2) is 36.6 Å². The molecule has 0 radical (unpaired) electrons. The van der Waals surface area contributed by atoms with E-state index in [4.69, 9.17) is 5.11 Å². The van der Waals surface area contributed by atoms with E-state index >= 15 is 0 Å². The van der Waals surface area contributed by atoms with Crippen molar-refractivity contribution in [2.45, 2.75) is 26.2 Å². The number of aliphatic carboxylic acids is 1. The molecule has 1 saturated carbocycles. The van der Waals surface area contributed by atoms with Gasteiger partial charge in [-0.25, -0.2) is 0 Å². The second-order valence-electron chi connectivity index (χ2n) is 5.35. The Balaban J connectivity index is 1.77. The van der Waals surface area contributed by atoms with Gasteiger partial charge in [0.2, 0.25) is 5.91 Å². The predicted molar refractivity (Wildman–Crippen MR) is 62.5 cm³/mol. The van der Waals surface area contributed by atoms with Crippen molar-refractivity contribution < 1.29 is 14.7 Å². The molecular formula is C12H20N2O3. The van der Waals surface area contributed by atoms with Crippen molar-refractivity contribution in [2.75, 3.05) is 19.6 Å². The molecule has 2 unspecified atom stereocenters. The van der Waals surface area contributed by atoms with Crippen LogP contribution in [0.4, 0.5) is 0 Å². The number of carboxylic acid groups (broad SMARTS) is 1. The van der Waals surface area contributed by atoms with E-state index in [1.54, 1.807) is 6.92 Å². The molecule has 1 amide bonds. The van der Waals surface area contributed by atoms with Crippen molar-refractivity contribution >= 4 is 11.9 Å². The van der Waals surface area contributed by atoms with Gasteiger partial charge in [0.25, 0.3) is 0 Å². The molecule has 17 heavy (non-hydrogen) atoms. The van der Waals surface area contributed by atoms with Crippen molar-refractivity contribution in [2.24, 2.45) is 17.3 Å². The predicted octanol–water partition coefficient (Wildman–Crippen LogP) is 0.213. The van der Waals surface area contributed by atoms with Crippen LogP contribution >= 0.6 is 0 Å². The molecule has 5 heteroatoms. The van der Waals surface area contributed by atoms with Gasteiger partial charge in [0.1, 0.15) is 0 Å². The van der Waals surface area contributed by atoms with Crippen LogP contribution in [0.2, 0.25) is 0 Å². The van der Waals surface area contributed by atoms with Crippen molar-refractivity contribution in [3.63, 3.8) is 0 Å². The van der Waals surface area contributed by atoms with Gasteiger partial charge < -0.3 is 15.7 Å². The third kappa shape index (κ3) is 2.60. The van der Waals surface area contributed by atoms with Crippen LogP contribution in [0, 0.1) is 17.3 Å². The monoisotopic (exact) mass is 240 g/mol. The summed E-state index contributed by atoms with van der Waals surface area (Å²) in [5, 5.41) is 14.8. The summed E-state index contributed by atoms with van der Waals surface area (Å²) >= 11 is 0. The molecule has 1 aliphatic heterocycles. The second-order valence-corrected chi connectivity index (χ2v) is 5.35. The van der Waals surface area contributed by atoms with Gasteiger partial charge in [-0.15, -0.1) is 0 Å². The number of carbonyl (C=O) groups excluding carboxylic acids is 1. The number of carbonyl (C=O) groups is 2. The van der Waals surface area contributed by atoms with E-state index in [-0.39, 0.29) is 23.8 Å². The summed E-state index contributed by atoms with van der Waals surface area (Å²) in [6.07, 6.45) is 3.11. The average Bonchev–Trinajstić information content (AvgIpc) is 3.00. The van der Waals surface area contributed by atoms with Crippen molar-refractivity contribution in [3.05, 3.63) is 0 Å². The number of amides is 1. The molecule has 0 aromatic heterocycles. The SMILES string of the molecule is CC(CNC(=O)C1CC12CCNCC2)C(=O)O. The summed E-state index contributed by atoms with van der Waals surface area (Å²) in [5.41, 5.74) is 0.224. The van der Waals surface area contributed by atoms with Crippen LogP contribution in [0.25, 0.3) is 0 Å². The zero-order valence-electron chi connectivity index (χ0n) is 10.2. The summed E-state index contributed by atoms with van der Waals surface area (Å²) in [6, 6.07) is 0. The van der Waals surface area contributed by atoms with E-state index in [0.717, 1.165) is 32.4 Å². The molecule has 0 bridgehead atoms. The minimum atomic E-state index is -0.863. The Kier molecular flexibility index (Phi) is 3.38. The number of carboxylic acids is 1. The molecule has 2 rings (SSSR count). The van der Waals surface area contributed by atoms with Gasteiger partial charge in [0.05, 0.1) is 5.92 Å². The Labute approximate surface area is 101 Å². The minimum absolute atomic E-state index is 0.0417. The fourth-order valence-electron chi connectivity index (χ4n) is 2.66. The molecule has 5 nitrogen and oxygen atoms in total. The van der Waals surface area contributed by atoms with Gasteiger partial charge >= 0.3 is 5.97 Å². The summed E-state index contributed by atoms with van der Waals surface area (Å²) < 4.78 is 0. The van der Waals surface area contributed by atoms with Gasteiger partial charge in [-0.05, 0) is 37.8 Å². The number of hydrogen-bond acceptors (Lipinski definition) is 3. The van der Waals surface area contributed by atoms with Crippen LogP contribution in [0.15, 0.2) is 0 Å². The first-order chi connectivity index (χ1) is 8.05. The highest BCUT2D eigenvalue weighted by Crippen LogP contribution is 2.58. The highest BCUT2D eigenvalue weighted by atomic mass is 16.4. The maximum atomic E-state index is 11.9. The fourth-order valence-corrected chi connectivity index (χ4v) is 2.66. The van der Waals surface area contributed by atoms with Gasteiger partial charge in [0.15, 0.2) is 0 Å². The van der Waals surface area contributed by atoms with E-state index in [0.29, 0.717) is 0 Å². The van der Waals surface area contributed by atoms with E-state index in [9.17, 15) is 9.59 Å². The highest BCUT2D eigenvalue weighted by molar-refractivity contribution is 5.83. The largest absolute Gasteiger partial charge is 0.481 e. The maximum Gasteiger partial charge on any atom is 0.308 e. The number of rotatable bonds is 4. The van der Waals surface area contributed by atoms with Gasteiger partial charge in [0, 0.05) is 12.5 Å². The zero-order valence-corrected chi connectivity index (χ0v) is 10.2. The molecule has 3 N–H and O–H groups in total. The van der Waals surface area contributed by atoms with Gasteiger partial charge in [-0.2, -0.15) is 0 Å². The summed E-state index contributed by atoms with van der Waals surface area (Å²) in [4.78, 5) is 22.5. The minimum Gasteiger partial charge on any atom is -0.481 e. The number of nitrogens with one attached hydrogen (secondary N) is 2. The first-order valence-electron chi connectivity index (χ1n) is 6.26. The molecule has 1 saturated heterocycles. The second kappa shape index (κ2) is 4.64. The number of hydrogen-bond donors (Lipinski definition) is 3. The van der Waals surface area contributed by atoms with E-state index in [1.807, 2.05) is 0 Å². The van der Waals surface area contributed by atoms with Crippen LogP contribution in [0.5, 0.6) is 0 Å². The zero-order chi connectivity index (χ0) is 12.5. The lowest BCUT2D eigenvalue weighted by Gasteiger charge is -2.23. The Hall–Kier alpha value is -1.10. The molecule has 96 valence electrons. The van der Waals surface area contributed by atoms with Gasteiger partial charge in [-0.1, -0.05) is 6.92 Å². The van der Waals surface area contributed by atoms with E-state index < -0.39 is 11.9 Å². The Morgan fingerprint density at radius 2 is 2.12 bits per heavy atom. The highest BCUT2D eigenvalue weighted by Gasteiger charge is 2.57. The molecule has 1 spiro atoms. The van der Waals surface area contributed by atoms with Crippen LogP contribution in [0.1, 0.15) is 26.2 Å². The van der Waals surface area contributed by atoms with E-state index in [1.165, 1.54) is 0 Å². The topological polar surface area (TPSA) is 78.4 Å². The summed E-state index contributed by atoms with van der Waals surface area (Å²) in [6.45, 7) is 3.83. The molecule has 0 aromatic rings. The average molecular weight is 240 g/mol. The van der Waals surface area contributed by atoms with Crippen molar-refractivity contribution in [1.29, 1.82) is 0 Å². The molecule has 0 aromatic carbocycles. The number of piperidine rings is 1. The van der Waals surface area contributed by atoms with Crippen LogP contribution in [0.3, 0.4) is 0 Å². The van der Waals surface area contributed by atoms with E-state index in [2.05, 4.69) is 10.6 Å². The normalized spacial score (nSPS) is 27.5. The lowest BCUT2D eigenvalue weighted by Crippen LogP contribution is -2.36. The third-order valence-corrected chi connectivity index (χ3v) is 4.11. The molecular weight excluding hydrogens is 220 g/mol.